The maximum Gasteiger partial charge on any atom is 0.230 e. The Balaban J connectivity index is 1.61. The van der Waals surface area contributed by atoms with Crippen LogP contribution in [0.5, 0.6) is 5.75 Å². The number of rotatable bonds is 5. The zero-order valence-electron chi connectivity index (χ0n) is 13.4. The second-order valence-electron chi connectivity index (χ2n) is 5.74. The van der Waals surface area contributed by atoms with Gasteiger partial charge in [0.1, 0.15) is 12.4 Å². The van der Waals surface area contributed by atoms with Crippen LogP contribution in [0.25, 0.3) is 0 Å². The smallest absolute Gasteiger partial charge is 0.230 e. The van der Waals surface area contributed by atoms with E-state index in [1.165, 1.54) is 13.3 Å². The van der Waals surface area contributed by atoms with E-state index in [0.717, 1.165) is 17.8 Å². The van der Waals surface area contributed by atoms with Gasteiger partial charge in [-0.25, -0.2) is 9.97 Å². The Morgan fingerprint density at radius 3 is 2.96 bits per heavy atom. The molecule has 2 aromatic rings. The van der Waals surface area contributed by atoms with E-state index < -0.39 is 5.95 Å². The average molecular weight is 351 g/mol. The maximum absolute atomic E-state index is 14.0. The van der Waals surface area contributed by atoms with Gasteiger partial charge < -0.3 is 10.1 Å². The number of halogens is 1. The molecule has 1 amide bonds. The molecule has 3 heterocycles. The first-order chi connectivity index (χ1) is 11.5. The van der Waals surface area contributed by atoms with Crippen LogP contribution in [0, 0.1) is 5.95 Å². The zero-order chi connectivity index (χ0) is 17.1. The third-order valence-corrected chi connectivity index (χ3v) is 4.72. The van der Waals surface area contributed by atoms with Gasteiger partial charge in [-0.1, -0.05) is 11.3 Å². The number of anilines is 1. The van der Waals surface area contributed by atoms with Gasteiger partial charge in [-0.05, 0) is 6.92 Å². The predicted octanol–water partition coefficient (Wildman–Crippen LogP) is 2.07. The van der Waals surface area contributed by atoms with Gasteiger partial charge in [-0.15, -0.1) is 0 Å². The second kappa shape index (κ2) is 7.18. The van der Waals surface area contributed by atoms with Gasteiger partial charge in [-0.3, -0.25) is 9.69 Å². The van der Waals surface area contributed by atoms with Crippen molar-refractivity contribution in [2.24, 2.45) is 0 Å². The Morgan fingerprint density at radius 1 is 1.50 bits per heavy atom. The highest BCUT2D eigenvalue weighted by molar-refractivity contribution is 7.15. The molecule has 1 aliphatic heterocycles. The average Bonchev–Trinajstić information content (AvgIpc) is 3.03. The predicted molar refractivity (Wildman–Crippen MR) is 87.3 cm³/mol. The van der Waals surface area contributed by atoms with Gasteiger partial charge in [0.15, 0.2) is 10.9 Å². The molecular weight excluding hydrogens is 333 g/mol. The molecule has 7 nitrogen and oxygen atoms in total. The van der Waals surface area contributed by atoms with E-state index in [-0.39, 0.29) is 23.2 Å². The van der Waals surface area contributed by atoms with E-state index in [9.17, 15) is 9.18 Å². The van der Waals surface area contributed by atoms with Crippen molar-refractivity contribution in [1.29, 1.82) is 0 Å². The number of amides is 1. The molecule has 24 heavy (non-hydrogen) atoms. The van der Waals surface area contributed by atoms with Crippen LogP contribution in [0.3, 0.4) is 0 Å². The summed E-state index contributed by atoms with van der Waals surface area (Å²) < 4.78 is 19.8. The first-order valence-electron chi connectivity index (χ1n) is 7.59. The lowest BCUT2D eigenvalue weighted by atomic mass is 10.2. The third-order valence-electron chi connectivity index (χ3n) is 3.78. The number of hydrogen-bond donors (Lipinski definition) is 1. The highest BCUT2D eigenvalue weighted by atomic mass is 32.1. The first kappa shape index (κ1) is 16.7. The van der Waals surface area contributed by atoms with Crippen molar-refractivity contribution in [2.45, 2.75) is 39.0 Å². The van der Waals surface area contributed by atoms with Gasteiger partial charge in [-0.2, -0.15) is 9.37 Å². The summed E-state index contributed by atoms with van der Waals surface area (Å²) in [4.78, 5) is 25.3. The van der Waals surface area contributed by atoms with Crippen LogP contribution in [0.2, 0.25) is 0 Å². The largest absolute Gasteiger partial charge is 0.486 e. The fourth-order valence-electron chi connectivity index (χ4n) is 2.71. The van der Waals surface area contributed by atoms with E-state index in [2.05, 4.69) is 32.1 Å². The van der Waals surface area contributed by atoms with Crippen LogP contribution in [0.15, 0.2) is 18.7 Å². The van der Waals surface area contributed by atoms with Crippen LogP contribution < -0.4 is 10.1 Å². The van der Waals surface area contributed by atoms with Crippen molar-refractivity contribution >= 4 is 22.4 Å². The normalized spacial score (nSPS) is 21.0. The molecule has 1 saturated heterocycles. The number of hydrogen-bond acceptors (Lipinski definition) is 7. The molecule has 1 aliphatic rings. The van der Waals surface area contributed by atoms with E-state index in [1.54, 1.807) is 12.4 Å². The number of nitrogens with one attached hydrogen (secondary N) is 1. The number of nitrogens with zero attached hydrogens (tertiary/aromatic N) is 4. The van der Waals surface area contributed by atoms with Crippen LogP contribution in [-0.2, 0) is 11.3 Å². The Labute approximate surface area is 142 Å². The first-order valence-corrected chi connectivity index (χ1v) is 8.41. The summed E-state index contributed by atoms with van der Waals surface area (Å²) >= 11 is 1.16. The minimum atomic E-state index is -0.531. The highest BCUT2D eigenvalue weighted by Crippen LogP contribution is 2.28. The molecule has 3 rings (SSSR count). The van der Waals surface area contributed by atoms with Crippen LogP contribution >= 0.6 is 11.3 Å². The zero-order valence-corrected chi connectivity index (χ0v) is 14.2. The Hall–Kier alpha value is -2.13. The van der Waals surface area contributed by atoms with Crippen molar-refractivity contribution in [1.82, 2.24) is 19.9 Å². The fourth-order valence-corrected chi connectivity index (χ4v) is 3.62. The van der Waals surface area contributed by atoms with E-state index >= 15 is 0 Å². The Morgan fingerprint density at radius 2 is 2.25 bits per heavy atom. The molecule has 1 N–H and O–H groups in total. The summed E-state index contributed by atoms with van der Waals surface area (Å²) in [7, 11) is 0. The monoisotopic (exact) mass is 351 g/mol. The van der Waals surface area contributed by atoms with Crippen LogP contribution in [-0.4, -0.2) is 44.4 Å². The van der Waals surface area contributed by atoms with Crippen molar-refractivity contribution in [3.63, 3.8) is 0 Å². The minimum absolute atomic E-state index is 0.0109. The summed E-state index contributed by atoms with van der Waals surface area (Å²) in [5.41, 5.74) is 0. The highest BCUT2D eigenvalue weighted by Gasteiger charge is 2.31. The number of carbonyl (C=O) groups is 1. The minimum Gasteiger partial charge on any atom is -0.486 e. The van der Waals surface area contributed by atoms with Crippen molar-refractivity contribution in [2.75, 3.05) is 11.9 Å². The molecule has 0 spiro atoms. The molecule has 128 valence electrons. The van der Waals surface area contributed by atoms with Crippen molar-refractivity contribution in [3.05, 3.63) is 29.5 Å². The molecule has 0 unspecified atom stereocenters. The summed E-state index contributed by atoms with van der Waals surface area (Å²) in [6.45, 7) is 4.58. The molecule has 1 fully saturated rings. The van der Waals surface area contributed by atoms with E-state index in [0.29, 0.717) is 23.7 Å². The Bertz CT molecular complexity index is 711. The second-order valence-corrected chi connectivity index (χ2v) is 6.83. The third kappa shape index (κ3) is 4.04. The SMILES string of the molecule is CC(=O)Nc1nc(F)c(CN2C[C@H](Oc3cncnc3)C[C@@H]2C)s1. The van der Waals surface area contributed by atoms with Gasteiger partial charge in [0, 0.05) is 32.5 Å². The molecule has 0 bridgehead atoms. The van der Waals surface area contributed by atoms with Crippen LogP contribution in [0.4, 0.5) is 9.52 Å². The summed E-state index contributed by atoms with van der Waals surface area (Å²) in [6.07, 6.45) is 5.56. The van der Waals surface area contributed by atoms with Crippen molar-refractivity contribution in [3.8, 4) is 5.75 Å². The van der Waals surface area contributed by atoms with E-state index in [4.69, 9.17) is 4.74 Å². The summed E-state index contributed by atoms with van der Waals surface area (Å²) in [5, 5.41) is 2.80. The number of likely N-dealkylation sites (tertiary alicyclic amines) is 1. The lowest BCUT2D eigenvalue weighted by Crippen LogP contribution is -2.28. The number of ether oxygens (including phenoxy) is 1. The molecule has 0 aliphatic carbocycles. The van der Waals surface area contributed by atoms with Gasteiger partial charge in [0.05, 0.1) is 17.3 Å². The fraction of sp³-hybridized carbons (Fsp3) is 0.467. The molecule has 0 saturated carbocycles. The van der Waals surface area contributed by atoms with Crippen LogP contribution in [0.1, 0.15) is 25.1 Å². The number of aromatic nitrogens is 3. The summed E-state index contributed by atoms with van der Waals surface area (Å²) in [5.74, 6) is -0.159. The molecule has 9 heteroatoms. The number of thiazole rings is 1. The number of carbonyl (C=O) groups excluding carboxylic acids is 1. The molecule has 2 aromatic heterocycles. The van der Waals surface area contributed by atoms with Crippen molar-refractivity contribution < 1.29 is 13.9 Å². The molecular formula is C15H18FN5O2S. The lowest BCUT2D eigenvalue weighted by molar-refractivity contribution is -0.114. The lowest BCUT2D eigenvalue weighted by Gasteiger charge is -2.19. The van der Waals surface area contributed by atoms with E-state index in [1.807, 2.05) is 0 Å². The molecule has 2 atom stereocenters. The van der Waals surface area contributed by atoms with Gasteiger partial charge in [0.2, 0.25) is 11.9 Å². The quantitative estimate of drug-likeness (QED) is 0.888. The topological polar surface area (TPSA) is 80.2 Å². The molecule has 0 radical (unpaired) electrons. The molecule has 0 aromatic carbocycles. The Kier molecular flexibility index (Phi) is 5.00. The van der Waals surface area contributed by atoms with Gasteiger partial charge >= 0.3 is 0 Å². The summed E-state index contributed by atoms with van der Waals surface area (Å²) in [6, 6.07) is 0.255. The van der Waals surface area contributed by atoms with Gasteiger partial charge in [0.25, 0.3) is 0 Å². The maximum atomic E-state index is 14.0. The standard InChI is InChI=1S/C15H18FN5O2S/c1-9-3-11(23-12-4-17-8-18-5-12)6-21(9)7-13-14(16)20-15(24-13)19-10(2)22/h4-5,8-9,11H,3,6-7H2,1-2H3,(H,19,20,22)/t9-,11+/m0/s1.